The number of hydrogen-bond acceptors (Lipinski definition) is 4. The number of nitrogens with zero attached hydrogens (tertiary/aromatic N) is 4. The van der Waals surface area contributed by atoms with Gasteiger partial charge in [0.25, 0.3) is 0 Å². The number of amides is 1. The van der Waals surface area contributed by atoms with E-state index in [0.29, 0.717) is 26.1 Å². The summed E-state index contributed by atoms with van der Waals surface area (Å²) < 4.78 is 1.76. The SMILES string of the molecule is CCC(=O)N1CCn2nc(N)nc2C1. The molecule has 0 spiro atoms. The highest BCUT2D eigenvalue weighted by atomic mass is 16.2. The van der Waals surface area contributed by atoms with E-state index in [9.17, 15) is 4.79 Å². The van der Waals surface area contributed by atoms with Crippen LogP contribution in [-0.4, -0.2) is 32.1 Å². The molecule has 6 nitrogen and oxygen atoms in total. The van der Waals surface area contributed by atoms with Crippen LogP contribution in [0.4, 0.5) is 5.95 Å². The van der Waals surface area contributed by atoms with Gasteiger partial charge in [0.1, 0.15) is 5.82 Å². The first-order valence-corrected chi connectivity index (χ1v) is 4.67. The lowest BCUT2D eigenvalue weighted by Crippen LogP contribution is -2.38. The zero-order chi connectivity index (χ0) is 10.1. The fourth-order valence-corrected chi connectivity index (χ4v) is 1.59. The van der Waals surface area contributed by atoms with Crippen LogP contribution in [0.15, 0.2) is 0 Å². The smallest absolute Gasteiger partial charge is 0.239 e. The van der Waals surface area contributed by atoms with E-state index in [4.69, 9.17) is 5.73 Å². The van der Waals surface area contributed by atoms with Crippen LogP contribution in [0.2, 0.25) is 0 Å². The number of nitrogens with two attached hydrogens (primary N) is 1. The first-order chi connectivity index (χ1) is 6.70. The summed E-state index contributed by atoms with van der Waals surface area (Å²) in [6.07, 6.45) is 0.531. The van der Waals surface area contributed by atoms with Gasteiger partial charge in [0.2, 0.25) is 11.9 Å². The molecule has 76 valence electrons. The van der Waals surface area contributed by atoms with E-state index in [2.05, 4.69) is 10.1 Å². The third-order valence-corrected chi connectivity index (χ3v) is 2.33. The molecule has 0 fully saturated rings. The molecule has 1 aromatic heterocycles. The molecule has 1 aliphatic heterocycles. The van der Waals surface area contributed by atoms with Crippen LogP contribution in [0.3, 0.4) is 0 Å². The Morgan fingerprint density at radius 3 is 3.07 bits per heavy atom. The molecule has 0 atom stereocenters. The second kappa shape index (κ2) is 3.28. The van der Waals surface area contributed by atoms with Crippen molar-refractivity contribution in [1.82, 2.24) is 19.7 Å². The fourth-order valence-electron chi connectivity index (χ4n) is 1.59. The van der Waals surface area contributed by atoms with E-state index in [1.54, 1.807) is 9.58 Å². The summed E-state index contributed by atoms with van der Waals surface area (Å²) in [4.78, 5) is 17.3. The van der Waals surface area contributed by atoms with Crippen LogP contribution >= 0.6 is 0 Å². The van der Waals surface area contributed by atoms with Gasteiger partial charge in [0.05, 0.1) is 13.1 Å². The van der Waals surface area contributed by atoms with Crippen molar-refractivity contribution in [2.75, 3.05) is 12.3 Å². The van der Waals surface area contributed by atoms with Gasteiger partial charge in [-0.15, -0.1) is 5.10 Å². The standard InChI is InChI=1S/C8H13N5O/c1-2-7(14)12-3-4-13-6(5-12)10-8(9)11-13/h2-5H2,1H3,(H2,9,11). The summed E-state index contributed by atoms with van der Waals surface area (Å²) >= 11 is 0. The lowest BCUT2D eigenvalue weighted by atomic mass is 10.3. The summed E-state index contributed by atoms with van der Waals surface area (Å²) in [7, 11) is 0. The molecule has 1 aliphatic rings. The Morgan fingerprint density at radius 1 is 1.57 bits per heavy atom. The van der Waals surface area contributed by atoms with Crippen molar-refractivity contribution in [2.24, 2.45) is 0 Å². The molecule has 0 radical (unpaired) electrons. The van der Waals surface area contributed by atoms with Crippen LogP contribution < -0.4 is 5.73 Å². The van der Waals surface area contributed by atoms with E-state index in [0.717, 1.165) is 5.82 Å². The zero-order valence-corrected chi connectivity index (χ0v) is 8.10. The second-order valence-corrected chi connectivity index (χ2v) is 3.28. The van der Waals surface area contributed by atoms with Crippen molar-refractivity contribution < 1.29 is 4.79 Å². The third-order valence-electron chi connectivity index (χ3n) is 2.33. The van der Waals surface area contributed by atoms with Crippen molar-refractivity contribution in [3.63, 3.8) is 0 Å². The van der Waals surface area contributed by atoms with Crippen LogP contribution in [0.25, 0.3) is 0 Å². The van der Waals surface area contributed by atoms with Crippen molar-refractivity contribution in [1.29, 1.82) is 0 Å². The van der Waals surface area contributed by atoms with E-state index < -0.39 is 0 Å². The summed E-state index contributed by atoms with van der Waals surface area (Å²) in [5, 5.41) is 4.02. The highest BCUT2D eigenvalue weighted by molar-refractivity contribution is 5.75. The molecule has 0 unspecified atom stereocenters. The molecule has 1 amide bonds. The number of fused-ring (bicyclic) bond motifs is 1. The average Bonchev–Trinajstić information content (AvgIpc) is 2.55. The van der Waals surface area contributed by atoms with Gasteiger partial charge in [-0.3, -0.25) is 4.79 Å². The maximum Gasteiger partial charge on any atom is 0.239 e. The van der Waals surface area contributed by atoms with Crippen molar-refractivity contribution in [3.05, 3.63) is 5.82 Å². The monoisotopic (exact) mass is 195 g/mol. The number of rotatable bonds is 1. The number of hydrogen-bond donors (Lipinski definition) is 1. The van der Waals surface area contributed by atoms with Gasteiger partial charge in [-0.1, -0.05) is 6.92 Å². The predicted molar refractivity (Wildman–Crippen MR) is 50.1 cm³/mol. The molecule has 0 bridgehead atoms. The third kappa shape index (κ3) is 1.43. The molecular weight excluding hydrogens is 182 g/mol. The Balaban J connectivity index is 2.16. The van der Waals surface area contributed by atoms with E-state index >= 15 is 0 Å². The van der Waals surface area contributed by atoms with Crippen molar-refractivity contribution in [3.8, 4) is 0 Å². The zero-order valence-electron chi connectivity index (χ0n) is 8.10. The van der Waals surface area contributed by atoms with Gasteiger partial charge in [-0.05, 0) is 0 Å². The van der Waals surface area contributed by atoms with Crippen LogP contribution in [-0.2, 0) is 17.9 Å². The predicted octanol–water partition coefficient (Wildman–Crippen LogP) is -0.387. The maximum atomic E-state index is 11.4. The first kappa shape index (κ1) is 8.98. The number of carbonyl (C=O) groups excluding carboxylic acids is 1. The molecule has 14 heavy (non-hydrogen) atoms. The van der Waals surface area contributed by atoms with Gasteiger partial charge in [-0.25, -0.2) is 4.68 Å². The normalized spacial score (nSPS) is 15.4. The molecule has 0 saturated heterocycles. The Hall–Kier alpha value is -1.59. The van der Waals surface area contributed by atoms with Gasteiger partial charge in [0.15, 0.2) is 0 Å². The lowest BCUT2D eigenvalue weighted by molar-refractivity contribution is -0.132. The number of nitrogen functional groups attached to an aromatic ring is 1. The fraction of sp³-hybridized carbons (Fsp3) is 0.625. The van der Waals surface area contributed by atoms with Crippen molar-refractivity contribution in [2.45, 2.75) is 26.4 Å². The van der Waals surface area contributed by atoms with Crippen LogP contribution in [0.5, 0.6) is 0 Å². The van der Waals surface area contributed by atoms with Gasteiger partial charge in [-0.2, -0.15) is 4.98 Å². The molecule has 0 saturated carbocycles. The molecule has 2 rings (SSSR count). The van der Waals surface area contributed by atoms with E-state index in [1.807, 2.05) is 6.92 Å². The molecule has 2 heterocycles. The highest BCUT2D eigenvalue weighted by Gasteiger charge is 2.21. The highest BCUT2D eigenvalue weighted by Crippen LogP contribution is 2.11. The summed E-state index contributed by atoms with van der Waals surface area (Å²) in [6.45, 7) is 3.76. The van der Waals surface area contributed by atoms with E-state index in [-0.39, 0.29) is 11.9 Å². The molecule has 1 aromatic rings. The molecule has 0 aliphatic carbocycles. The van der Waals surface area contributed by atoms with Crippen LogP contribution in [0.1, 0.15) is 19.2 Å². The number of carbonyl (C=O) groups is 1. The minimum atomic E-state index is 0.151. The molecule has 6 heteroatoms. The minimum absolute atomic E-state index is 0.151. The van der Waals surface area contributed by atoms with Gasteiger partial charge >= 0.3 is 0 Å². The lowest BCUT2D eigenvalue weighted by Gasteiger charge is -2.26. The average molecular weight is 195 g/mol. The van der Waals surface area contributed by atoms with Crippen molar-refractivity contribution >= 4 is 11.9 Å². The summed E-state index contributed by atoms with van der Waals surface area (Å²) in [6, 6.07) is 0. The minimum Gasteiger partial charge on any atom is -0.366 e. The Bertz CT molecular complexity index is 359. The Morgan fingerprint density at radius 2 is 2.36 bits per heavy atom. The van der Waals surface area contributed by atoms with Crippen LogP contribution in [0, 0.1) is 0 Å². The largest absolute Gasteiger partial charge is 0.366 e. The maximum absolute atomic E-state index is 11.4. The molecular formula is C8H13N5O. The first-order valence-electron chi connectivity index (χ1n) is 4.67. The molecule has 0 aromatic carbocycles. The number of anilines is 1. The second-order valence-electron chi connectivity index (χ2n) is 3.28. The quantitative estimate of drug-likeness (QED) is 0.662. The van der Waals surface area contributed by atoms with Gasteiger partial charge in [0, 0.05) is 13.0 Å². The Kier molecular flexibility index (Phi) is 2.11. The topological polar surface area (TPSA) is 77.0 Å². The molecule has 2 N–H and O–H groups in total. The Labute approximate surface area is 81.7 Å². The van der Waals surface area contributed by atoms with E-state index in [1.165, 1.54) is 0 Å². The van der Waals surface area contributed by atoms with Gasteiger partial charge < -0.3 is 10.6 Å². The number of aromatic nitrogens is 3. The summed E-state index contributed by atoms with van der Waals surface area (Å²) in [5.74, 6) is 1.21. The summed E-state index contributed by atoms with van der Waals surface area (Å²) in [5.41, 5.74) is 5.47.